The first kappa shape index (κ1) is 14.1. The van der Waals surface area contributed by atoms with E-state index in [1.54, 1.807) is 12.3 Å². The van der Waals surface area contributed by atoms with Crippen molar-refractivity contribution in [1.29, 1.82) is 0 Å². The zero-order valence-electron chi connectivity index (χ0n) is 13.4. The summed E-state index contributed by atoms with van der Waals surface area (Å²) in [4.78, 5) is 4.46. The quantitative estimate of drug-likeness (QED) is 0.328. The van der Waals surface area contributed by atoms with Crippen LogP contribution in [0.15, 0.2) is 85.1 Å². The molecule has 2 heteroatoms. The lowest BCUT2D eigenvalue weighted by Crippen LogP contribution is -1.87. The molecule has 0 amide bonds. The minimum atomic E-state index is -0.206. The lowest BCUT2D eigenvalue weighted by atomic mass is 9.93. The van der Waals surface area contributed by atoms with E-state index in [9.17, 15) is 4.39 Å². The molecule has 4 aromatic carbocycles. The molecule has 0 saturated carbocycles. The van der Waals surface area contributed by atoms with Crippen LogP contribution in [0.25, 0.3) is 43.6 Å². The Morgan fingerprint density at radius 1 is 0.560 bits per heavy atom. The van der Waals surface area contributed by atoms with E-state index in [4.69, 9.17) is 0 Å². The normalized spacial score (nSPS) is 11.4. The van der Waals surface area contributed by atoms with Gasteiger partial charge >= 0.3 is 0 Å². The summed E-state index contributed by atoms with van der Waals surface area (Å²) in [7, 11) is 0. The summed E-state index contributed by atoms with van der Waals surface area (Å²) in [6, 6.07) is 25.5. The highest BCUT2D eigenvalue weighted by Crippen LogP contribution is 2.36. The minimum absolute atomic E-state index is 0.206. The number of pyridine rings is 1. The highest BCUT2D eigenvalue weighted by atomic mass is 19.1. The van der Waals surface area contributed by atoms with Crippen LogP contribution in [-0.2, 0) is 0 Å². The summed E-state index contributed by atoms with van der Waals surface area (Å²) in [6.07, 6.45) is 1.81. The molecule has 0 bridgehead atoms. The summed E-state index contributed by atoms with van der Waals surface area (Å²) in [5.41, 5.74) is 2.03. The molecule has 0 atom stereocenters. The van der Waals surface area contributed by atoms with Crippen LogP contribution in [0, 0.1) is 5.82 Å². The van der Waals surface area contributed by atoms with Crippen LogP contribution in [0.3, 0.4) is 0 Å². The fourth-order valence-corrected chi connectivity index (χ4v) is 3.62. The van der Waals surface area contributed by atoms with E-state index in [0.717, 1.165) is 43.6 Å². The van der Waals surface area contributed by atoms with Crippen molar-refractivity contribution in [3.63, 3.8) is 0 Å². The molecule has 1 aromatic heterocycles. The summed E-state index contributed by atoms with van der Waals surface area (Å²) >= 11 is 0. The maximum Gasteiger partial charge on any atom is 0.123 e. The molecule has 0 unspecified atom stereocenters. The van der Waals surface area contributed by atoms with Gasteiger partial charge in [-0.05, 0) is 62.6 Å². The largest absolute Gasteiger partial charge is 0.256 e. The predicted molar refractivity (Wildman–Crippen MR) is 102 cm³/mol. The van der Waals surface area contributed by atoms with Crippen molar-refractivity contribution < 1.29 is 4.39 Å². The summed E-state index contributed by atoms with van der Waals surface area (Å²) < 4.78 is 13.8. The Kier molecular flexibility index (Phi) is 3.04. The fourth-order valence-electron chi connectivity index (χ4n) is 3.62. The number of nitrogens with zero attached hydrogens (tertiary/aromatic N) is 1. The Hall–Kier alpha value is -3.26. The molecular formula is C23H14FN. The molecule has 0 N–H and O–H groups in total. The number of rotatable bonds is 1. The smallest absolute Gasteiger partial charge is 0.123 e. The van der Waals surface area contributed by atoms with Crippen LogP contribution in [-0.4, -0.2) is 4.98 Å². The zero-order chi connectivity index (χ0) is 16.8. The third kappa shape index (κ3) is 2.18. The average Bonchev–Trinajstić information content (AvgIpc) is 2.68. The molecule has 118 valence electrons. The van der Waals surface area contributed by atoms with E-state index in [-0.39, 0.29) is 5.82 Å². The van der Waals surface area contributed by atoms with Crippen molar-refractivity contribution in [2.24, 2.45) is 0 Å². The Bertz CT molecular complexity index is 1220. The molecule has 0 aliphatic rings. The van der Waals surface area contributed by atoms with Gasteiger partial charge in [0.1, 0.15) is 5.82 Å². The maximum absolute atomic E-state index is 13.8. The van der Waals surface area contributed by atoms with Gasteiger partial charge in [-0.25, -0.2) is 4.39 Å². The van der Waals surface area contributed by atoms with Crippen LogP contribution in [0.2, 0.25) is 0 Å². The van der Waals surface area contributed by atoms with Gasteiger partial charge in [0.15, 0.2) is 0 Å². The van der Waals surface area contributed by atoms with Crippen molar-refractivity contribution in [2.45, 2.75) is 0 Å². The van der Waals surface area contributed by atoms with E-state index < -0.39 is 0 Å². The zero-order valence-corrected chi connectivity index (χ0v) is 13.4. The molecule has 0 aliphatic carbocycles. The van der Waals surface area contributed by atoms with Crippen LogP contribution in [0.4, 0.5) is 4.39 Å². The van der Waals surface area contributed by atoms with Crippen molar-refractivity contribution >= 4 is 32.3 Å². The Morgan fingerprint density at radius 2 is 1.20 bits per heavy atom. The maximum atomic E-state index is 13.8. The molecule has 0 spiro atoms. The number of aromatic nitrogens is 1. The molecule has 0 aliphatic heterocycles. The minimum Gasteiger partial charge on any atom is -0.256 e. The molecule has 5 rings (SSSR count). The van der Waals surface area contributed by atoms with Crippen LogP contribution < -0.4 is 0 Å². The van der Waals surface area contributed by atoms with Gasteiger partial charge in [0.25, 0.3) is 0 Å². The molecule has 1 heterocycles. The first-order valence-electron chi connectivity index (χ1n) is 8.26. The predicted octanol–water partition coefficient (Wildman–Crippen LogP) is 6.35. The number of hydrogen-bond acceptors (Lipinski definition) is 1. The second-order valence-electron chi connectivity index (χ2n) is 6.21. The molecule has 25 heavy (non-hydrogen) atoms. The molecule has 1 nitrogen and oxygen atoms in total. The Labute approximate surface area is 144 Å². The van der Waals surface area contributed by atoms with Crippen molar-refractivity contribution in [1.82, 2.24) is 4.98 Å². The summed E-state index contributed by atoms with van der Waals surface area (Å²) in [5.74, 6) is -0.206. The van der Waals surface area contributed by atoms with E-state index in [2.05, 4.69) is 35.3 Å². The van der Waals surface area contributed by atoms with Crippen molar-refractivity contribution in [3.8, 4) is 11.3 Å². The second kappa shape index (κ2) is 5.38. The fraction of sp³-hybridized carbons (Fsp3) is 0. The number of fused-ring (bicyclic) bond motifs is 6. The van der Waals surface area contributed by atoms with Crippen molar-refractivity contribution in [3.05, 3.63) is 90.9 Å². The standard InChI is InChI=1S/C23H14FN/c24-16-9-11-20-19-10-8-15(23-7-3-4-12-25-23)13-21(19)17-5-1-2-6-18(17)22(20)14-16/h1-14H. The molecule has 5 aromatic rings. The Morgan fingerprint density at radius 3 is 1.92 bits per heavy atom. The van der Waals surface area contributed by atoms with Crippen molar-refractivity contribution in [2.75, 3.05) is 0 Å². The van der Waals surface area contributed by atoms with Gasteiger partial charge in [-0.1, -0.05) is 48.5 Å². The number of halogens is 1. The van der Waals surface area contributed by atoms with Gasteiger partial charge in [0, 0.05) is 11.8 Å². The molecule has 0 fully saturated rings. The Balaban J connectivity index is 1.96. The van der Waals surface area contributed by atoms with Crippen LogP contribution in [0.5, 0.6) is 0 Å². The molecule has 0 saturated heterocycles. The second-order valence-corrected chi connectivity index (χ2v) is 6.21. The van der Waals surface area contributed by atoms with Gasteiger partial charge in [0.2, 0.25) is 0 Å². The molecular weight excluding hydrogens is 309 g/mol. The first-order valence-corrected chi connectivity index (χ1v) is 8.26. The summed E-state index contributed by atoms with van der Waals surface area (Å²) in [6.45, 7) is 0. The number of benzene rings is 4. The van der Waals surface area contributed by atoms with E-state index in [1.165, 1.54) is 6.07 Å². The average molecular weight is 323 g/mol. The van der Waals surface area contributed by atoms with E-state index in [0.29, 0.717) is 0 Å². The van der Waals surface area contributed by atoms with Gasteiger partial charge in [-0.15, -0.1) is 0 Å². The highest BCUT2D eigenvalue weighted by Gasteiger charge is 2.10. The first-order chi connectivity index (χ1) is 12.3. The van der Waals surface area contributed by atoms with Crippen LogP contribution in [0.1, 0.15) is 0 Å². The van der Waals surface area contributed by atoms with Crippen LogP contribution >= 0.6 is 0 Å². The van der Waals surface area contributed by atoms with E-state index >= 15 is 0 Å². The van der Waals surface area contributed by atoms with E-state index in [1.807, 2.05) is 36.4 Å². The van der Waals surface area contributed by atoms with Gasteiger partial charge in [-0.2, -0.15) is 0 Å². The number of hydrogen-bond donors (Lipinski definition) is 0. The topological polar surface area (TPSA) is 12.9 Å². The third-order valence-corrected chi connectivity index (χ3v) is 4.76. The highest BCUT2D eigenvalue weighted by molar-refractivity contribution is 6.25. The molecule has 0 radical (unpaired) electrons. The van der Waals surface area contributed by atoms with Gasteiger partial charge in [0.05, 0.1) is 5.69 Å². The SMILES string of the molecule is Fc1ccc2c3ccc(-c4ccccn4)cc3c3ccccc3c2c1. The summed E-state index contributed by atoms with van der Waals surface area (Å²) in [5, 5.41) is 6.53. The lowest BCUT2D eigenvalue weighted by molar-refractivity contribution is 0.630. The van der Waals surface area contributed by atoms with Gasteiger partial charge < -0.3 is 0 Å². The lowest BCUT2D eigenvalue weighted by Gasteiger charge is -2.12. The van der Waals surface area contributed by atoms with Gasteiger partial charge in [-0.3, -0.25) is 4.98 Å². The monoisotopic (exact) mass is 323 g/mol. The third-order valence-electron chi connectivity index (χ3n) is 4.76.